The molecule has 34 heavy (non-hydrogen) atoms. The van der Waals surface area contributed by atoms with Crippen molar-refractivity contribution in [3.8, 4) is 0 Å². The van der Waals surface area contributed by atoms with Crippen molar-refractivity contribution < 1.29 is 23.6 Å². The number of guanidine groups is 1. The number of amides is 3. The van der Waals surface area contributed by atoms with Crippen molar-refractivity contribution >= 4 is 45.4 Å². The molecule has 0 heterocycles. The molecule has 1 rings (SSSR count). The molecule has 0 fully saturated rings. The van der Waals surface area contributed by atoms with E-state index in [0.717, 1.165) is 4.47 Å². The highest BCUT2D eigenvalue weighted by atomic mass is 79.9. The Bertz CT molecular complexity index is 881. The van der Waals surface area contributed by atoms with Gasteiger partial charge in [0.15, 0.2) is 11.7 Å². The molecular weight excluding hydrogens is 511 g/mol. The Morgan fingerprint density at radius 2 is 1.65 bits per heavy atom. The molecule has 0 aromatic heterocycles. The molecule has 0 bridgehead atoms. The summed E-state index contributed by atoms with van der Waals surface area (Å²) < 4.78 is 13.7. The predicted octanol–water partition coefficient (Wildman–Crippen LogP) is 0.995. The Kier molecular flexibility index (Phi) is 12.2. The standard InChI is InChI=1S/C22H32BrFN6O4/c1-12(2)18(30-20(33)14-6-8-15(23)9-7-14)21(34)28-13(3)19(32)29-16(17(31)11-24)5-4-10-27-22(25)26/h6-9,12-13,16,18H,4-5,10-11H2,1-3H3,(H,28,34)(H,29,32)(H,30,33)(H4,25,26,27)/t13-,16-,18-/m0/s1. The summed E-state index contributed by atoms with van der Waals surface area (Å²) in [5.74, 6) is -2.98. The predicted molar refractivity (Wildman–Crippen MR) is 130 cm³/mol. The summed E-state index contributed by atoms with van der Waals surface area (Å²) in [6.07, 6.45) is 0.488. The molecule has 0 aliphatic carbocycles. The van der Waals surface area contributed by atoms with Gasteiger partial charge in [0.05, 0.1) is 6.04 Å². The molecular formula is C22H32BrFN6O4. The Hall–Kier alpha value is -3.02. The van der Waals surface area contributed by atoms with Gasteiger partial charge in [-0.05, 0) is 49.9 Å². The van der Waals surface area contributed by atoms with Gasteiger partial charge in [-0.2, -0.15) is 0 Å². The average Bonchev–Trinajstić information content (AvgIpc) is 2.78. The molecule has 3 atom stereocenters. The monoisotopic (exact) mass is 542 g/mol. The van der Waals surface area contributed by atoms with E-state index in [1.54, 1.807) is 38.1 Å². The first-order valence-corrected chi connectivity index (χ1v) is 11.6. The number of Topliss-reactive ketones (excluding diaryl/α,β-unsaturated/α-hetero) is 1. The summed E-state index contributed by atoms with van der Waals surface area (Å²) in [5.41, 5.74) is 5.56. The van der Waals surface area contributed by atoms with E-state index >= 15 is 0 Å². The lowest BCUT2D eigenvalue weighted by Gasteiger charge is -2.25. The van der Waals surface area contributed by atoms with Gasteiger partial charge in [-0.1, -0.05) is 29.8 Å². The number of nitrogens with one attached hydrogen (secondary N) is 5. The maximum atomic E-state index is 12.9. The number of benzene rings is 1. The molecule has 0 saturated carbocycles. The fourth-order valence-corrected chi connectivity index (χ4v) is 3.23. The van der Waals surface area contributed by atoms with Crippen LogP contribution in [0.4, 0.5) is 4.39 Å². The summed E-state index contributed by atoms with van der Waals surface area (Å²) in [6, 6.07) is 3.60. The van der Waals surface area contributed by atoms with E-state index in [1.807, 2.05) is 0 Å². The molecule has 1 aromatic rings. The molecule has 0 saturated heterocycles. The molecule has 3 amide bonds. The van der Waals surface area contributed by atoms with E-state index in [4.69, 9.17) is 11.1 Å². The van der Waals surface area contributed by atoms with Crippen molar-refractivity contribution in [1.29, 1.82) is 5.41 Å². The lowest BCUT2D eigenvalue weighted by molar-refractivity contribution is -0.132. The maximum Gasteiger partial charge on any atom is 0.251 e. The highest BCUT2D eigenvalue weighted by Crippen LogP contribution is 2.11. The van der Waals surface area contributed by atoms with Crippen LogP contribution in [-0.2, 0) is 14.4 Å². The zero-order valence-electron chi connectivity index (χ0n) is 19.4. The van der Waals surface area contributed by atoms with E-state index in [1.165, 1.54) is 6.92 Å². The van der Waals surface area contributed by atoms with Crippen LogP contribution in [0, 0.1) is 11.3 Å². The number of rotatable bonds is 13. The Morgan fingerprint density at radius 1 is 1.03 bits per heavy atom. The van der Waals surface area contributed by atoms with Crippen LogP contribution in [0.15, 0.2) is 28.7 Å². The van der Waals surface area contributed by atoms with Crippen LogP contribution in [0.1, 0.15) is 44.0 Å². The van der Waals surface area contributed by atoms with Crippen molar-refractivity contribution in [2.45, 2.75) is 51.7 Å². The van der Waals surface area contributed by atoms with Crippen LogP contribution < -0.4 is 27.0 Å². The van der Waals surface area contributed by atoms with E-state index in [2.05, 4.69) is 37.2 Å². The second kappa shape index (κ2) is 14.3. The number of hydrogen-bond acceptors (Lipinski definition) is 5. The summed E-state index contributed by atoms with van der Waals surface area (Å²) in [4.78, 5) is 49.8. The Balaban J connectivity index is 2.73. The van der Waals surface area contributed by atoms with Crippen molar-refractivity contribution in [1.82, 2.24) is 21.3 Å². The van der Waals surface area contributed by atoms with Crippen LogP contribution in [0.25, 0.3) is 0 Å². The third-order valence-corrected chi connectivity index (χ3v) is 5.44. The Labute approximate surface area is 206 Å². The summed E-state index contributed by atoms with van der Waals surface area (Å²) in [6.45, 7) is 3.96. The number of ketones is 1. The summed E-state index contributed by atoms with van der Waals surface area (Å²) in [7, 11) is 0. The molecule has 0 radical (unpaired) electrons. The van der Waals surface area contributed by atoms with Gasteiger partial charge in [-0.3, -0.25) is 24.6 Å². The van der Waals surface area contributed by atoms with E-state index in [0.29, 0.717) is 12.0 Å². The third-order valence-electron chi connectivity index (χ3n) is 4.92. The normalized spacial score (nSPS) is 13.4. The molecule has 1 aromatic carbocycles. The zero-order valence-corrected chi connectivity index (χ0v) is 21.0. The van der Waals surface area contributed by atoms with Gasteiger partial charge >= 0.3 is 0 Å². The van der Waals surface area contributed by atoms with Gasteiger partial charge in [0.1, 0.15) is 18.8 Å². The molecule has 7 N–H and O–H groups in total. The highest BCUT2D eigenvalue weighted by Gasteiger charge is 2.29. The second-order valence-electron chi connectivity index (χ2n) is 8.08. The summed E-state index contributed by atoms with van der Waals surface area (Å²) in [5, 5.41) is 17.3. The first-order chi connectivity index (χ1) is 16.0. The van der Waals surface area contributed by atoms with Crippen LogP contribution in [0.2, 0.25) is 0 Å². The molecule has 0 unspecified atom stereocenters. The lowest BCUT2D eigenvalue weighted by atomic mass is 10.0. The van der Waals surface area contributed by atoms with Crippen LogP contribution in [0.3, 0.4) is 0 Å². The van der Waals surface area contributed by atoms with Crippen molar-refractivity contribution in [2.24, 2.45) is 11.7 Å². The van der Waals surface area contributed by atoms with Crippen LogP contribution in [0.5, 0.6) is 0 Å². The third kappa shape index (κ3) is 9.86. The SMILES string of the molecule is CC(C)[C@H](NC(=O)c1ccc(Br)cc1)C(=O)N[C@@H](C)C(=O)N[C@@H](CCCNC(=N)N)C(=O)CF. The summed E-state index contributed by atoms with van der Waals surface area (Å²) >= 11 is 3.29. The fraction of sp³-hybridized carbons (Fsp3) is 0.500. The number of carbonyl (C=O) groups is 4. The van der Waals surface area contributed by atoms with Crippen molar-refractivity contribution in [3.63, 3.8) is 0 Å². The van der Waals surface area contributed by atoms with Crippen molar-refractivity contribution in [3.05, 3.63) is 34.3 Å². The largest absolute Gasteiger partial charge is 0.370 e. The number of halogens is 2. The van der Waals surface area contributed by atoms with Gasteiger partial charge in [-0.15, -0.1) is 0 Å². The number of nitrogens with two attached hydrogens (primary N) is 1. The van der Waals surface area contributed by atoms with E-state index < -0.39 is 48.3 Å². The van der Waals surface area contributed by atoms with E-state index in [-0.39, 0.29) is 24.8 Å². The minimum atomic E-state index is -1.25. The molecule has 10 nitrogen and oxygen atoms in total. The maximum absolute atomic E-state index is 12.9. The van der Waals surface area contributed by atoms with Gasteiger partial charge in [0.25, 0.3) is 5.91 Å². The number of hydrogen-bond donors (Lipinski definition) is 6. The van der Waals surface area contributed by atoms with Gasteiger partial charge in [0, 0.05) is 16.6 Å². The van der Waals surface area contributed by atoms with Crippen molar-refractivity contribution in [2.75, 3.05) is 13.2 Å². The van der Waals surface area contributed by atoms with Gasteiger partial charge in [0.2, 0.25) is 11.8 Å². The average molecular weight is 543 g/mol. The quantitative estimate of drug-likeness (QED) is 0.123. The smallest absolute Gasteiger partial charge is 0.251 e. The fourth-order valence-electron chi connectivity index (χ4n) is 2.96. The minimum absolute atomic E-state index is 0.132. The zero-order chi connectivity index (χ0) is 25.8. The molecule has 0 spiro atoms. The van der Waals surface area contributed by atoms with E-state index in [9.17, 15) is 23.6 Å². The molecule has 188 valence electrons. The van der Waals surface area contributed by atoms with Crippen LogP contribution >= 0.6 is 15.9 Å². The Morgan fingerprint density at radius 3 is 2.18 bits per heavy atom. The molecule has 0 aliphatic rings. The minimum Gasteiger partial charge on any atom is -0.370 e. The van der Waals surface area contributed by atoms with Gasteiger partial charge in [-0.25, -0.2) is 4.39 Å². The number of carbonyl (C=O) groups excluding carboxylic acids is 4. The highest BCUT2D eigenvalue weighted by molar-refractivity contribution is 9.10. The topological polar surface area (TPSA) is 166 Å². The number of alkyl halides is 1. The molecule has 12 heteroatoms. The van der Waals surface area contributed by atoms with Crippen LogP contribution in [-0.4, -0.2) is 60.8 Å². The first kappa shape index (κ1) is 29.0. The molecule has 0 aliphatic heterocycles. The van der Waals surface area contributed by atoms with Gasteiger partial charge < -0.3 is 27.0 Å². The first-order valence-electron chi connectivity index (χ1n) is 10.8. The second-order valence-corrected chi connectivity index (χ2v) is 8.99. The lowest BCUT2D eigenvalue weighted by Crippen LogP contribution is -2.56.